The second kappa shape index (κ2) is 6.16. The highest BCUT2D eigenvalue weighted by Gasteiger charge is 2.57. The van der Waals surface area contributed by atoms with Crippen LogP contribution in [0, 0.1) is 17.3 Å². The van der Waals surface area contributed by atoms with Crippen molar-refractivity contribution < 1.29 is 4.79 Å². The minimum Gasteiger partial charge on any atom is -0.355 e. The van der Waals surface area contributed by atoms with Crippen molar-refractivity contribution in [3.8, 4) is 0 Å². The predicted molar refractivity (Wildman–Crippen MR) is 101 cm³/mol. The summed E-state index contributed by atoms with van der Waals surface area (Å²) in [5.74, 6) is 2.33. The number of rotatable bonds is 5. The van der Waals surface area contributed by atoms with Crippen LogP contribution in [0.5, 0.6) is 0 Å². The van der Waals surface area contributed by atoms with Gasteiger partial charge in [-0.25, -0.2) is 0 Å². The Morgan fingerprint density at radius 3 is 2.50 bits per heavy atom. The number of halogens is 1. The summed E-state index contributed by atoms with van der Waals surface area (Å²) in [7, 11) is 0. The third kappa shape index (κ3) is 3.29. The van der Waals surface area contributed by atoms with Crippen molar-refractivity contribution in [2.45, 2.75) is 62.1 Å². The highest BCUT2D eigenvalue weighted by atomic mass is 79.9. The Hall–Kier alpha value is -0.830. The maximum Gasteiger partial charge on any atom is 0.220 e. The van der Waals surface area contributed by atoms with Gasteiger partial charge in [0.2, 0.25) is 5.91 Å². The Bertz CT molecular complexity index is 600. The van der Waals surface area contributed by atoms with Crippen molar-refractivity contribution in [1.82, 2.24) is 5.32 Å². The third-order valence-corrected chi connectivity index (χ3v) is 7.55. The zero-order valence-electron chi connectivity index (χ0n) is 14.6. The molecule has 4 fully saturated rings. The van der Waals surface area contributed by atoms with E-state index in [-0.39, 0.29) is 11.3 Å². The lowest BCUT2D eigenvalue weighted by atomic mass is 9.48. The number of carbonyl (C=O) groups excluding carboxylic acids is 1. The zero-order chi connectivity index (χ0) is 16.8. The molecule has 1 aromatic carbocycles. The summed E-state index contributed by atoms with van der Waals surface area (Å²) >= 11 is 4.04. The van der Waals surface area contributed by atoms with Crippen LogP contribution in [0.2, 0.25) is 0 Å². The van der Waals surface area contributed by atoms with Gasteiger partial charge in [0.15, 0.2) is 0 Å². The monoisotopic (exact) mass is 389 g/mol. The van der Waals surface area contributed by atoms with Gasteiger partial charge < -0.3 is 5.32 Å². The Morgan fingerprint density at radius 2 is 1.88 bits per heavy atom. The van der Waals surface area contributed by atoms with Crippen molar-refractivity contribution in [3.05, 3.63) is 35.9 Å². The molecule has 130 valence electrons. The first-order valence-corrected chi connectivity index (χ1v) is 10.3. The Morgan fingerprint density at radius 1 is 1.21 bits per heavy atom. The van der Waals surface area contributed by atoms with Gasteiger partial charge in [0, 0.05) is 17.3 Å². The summed E-state index contributed by atoms with van der Waals surface area (Å²) in [6, 6.07) is 10.5. The first-order chi connectivity index (χ1) is 11.5. The lowest BCUT2D eigenvalue weighted by molar-refractivity contribution is -0.128. The van der Waals surface area contributed by atoms with E-state index in [4.69, 9.17) is 0 Å². The molecule has 3 heteroatoms. The first-order valence-electron chi connectivity index (χ1n) is 9.46. The smallest absolute Gasteiger partial charge is 0.220 e. The fourth-order valence-electron chi connectivity index (χ4n) is 6.11. The van der Waals surface area contributed by atoms with Crippen molar-refractivity contribution in [1.29, 1.82) is 0 Å². The molecule has 0 radical (unpaired) electrons. The van der Waals surface area contributed by atoms with E-state index >= 15 is 0 Å². The van der Waals surface area contributed by atoms with Crippen LogP contribution >= 0.6 is 15.9 Å². The summed E-state index contributed by atoms with van der Waals surface area (Å²) in [4.78, 5) is 12.6. The van der Waals surface area contributed by atoms with Gasteiger partial charge in [-0.1, -0.05) is 53.2 Å². The number of hydrogen-bond acceptors (Lipinski definition) is 1. The van der Waals surface area contributed by atoms with Crippen molar-refractivity contribution >= 4 is 21.8 Å². The molecule has 24 heavy (non-hydrogen) atoms. The first kappa shape index (κ1) is 16.6. The van der Waals surface area contributed by atoms with Crippen LogP contribution in [-0.4, -0.2) is 16.8 Å². The average molecular weight is 390 g/mol. The topological polar surface area (TPSA) is 29.1 Å². The van der Waals surface area contributed by atoms with Gasteiger partial charge in [0.1, 0.15) is 0 Å². The summed E-state index contributed by atoms with van der Waals surface area (Å²) in [6.45, 7) is 2.93. The highest BCUT2D eigenvalue weighted by Crippen LogP contribution is 2.65. The van der Waals surface area contributed by atoms with Crippen LogP contribution in [0.25, 0.3) is 0 Å². The summed E-state index contributed by atoms with van der Waals surface area (Å²) in [6.07, 6.45) is 8.55. The van der Waals surface area contributed by atoms with Crippen molar-refractivity contribution in [3.63, 3.8) is 0 Å². The number of alkyl halides is 1. The fraction of sp³-hybridized carbons (Fsp3) is 0.667. The van der Waals surface area contributed by atoms with Gasteiger partial charge in [0.05, 0.1) is 0 Å². The molecule has 0 heterocycles. The number of hydrogen-bond donors (Lipinski definition) is 1. The summed E-state index contributed by atoms with van der Waals surface area (Å²) in [5, 5.41) is 3.21. The van der Waals surface area contributed by atoms with Crippen LogP contribution < -0.4 is 5.32 Å². The predicted octanol–water partition coefficient (Wildman–Crippen LogP) is 5.03. The molecule has 4 aliphatic rings. The lowest BCUT2D eigenvalue weighted by Gasteiger charge is -2.60. The molecule has 4 bridgehead atoms. The molecule has 0 aliphatic heterocycles. The number of nitrogens with one attached hydrogen (secondary N) is 1. The normalized spacial score (nSPS) is 38.1. The standard InChI is InChI=1S/C21H28BrNO/c1-15(18-5-3-2-4-6-18)13-23-19(24)12-20-8-16-7-17(9-20)11-21(22,10-16)14-20/h2-6,15-17H,7-14H2,1H3,(H,23,24)/t15-,16+,17+,20?,21?/m0/s1. The van der Waals surface area contributed by atoms with Crippen molar-refractivity contribution in [2.24, 2.45) is 17.3 Å². The van der Waals surface area contributed by atoms with E-state index in [0.717, 1.165) is 24.8 Å². The molecule has 1 amide bonds. The Labute approximate surface area is 153 Å². The van der Waals surface area contributed by atoms with Gasteiger partial charge in [-0.2, -0.15) is 0 Å². The van der Waals surface area contributed by atoms with E-state index < -0.39 is 0 Å². The quantitative estimate of drug-likeness (QED) is 0.702. The number of carbonyl (C=O) groups is 1. The van der Waals surface area contributed by atoms with E-state index in [1.807, 2.05) is 6.07 Å². The minimum absolute atomic E-state index is 0.260. The molecule has 4 saturated carbocycles. The molecule has 1 aromatic rings. The maximum atomic E-state index is 12.6. The maximum absolute atomic E-state index is 12.6. The zero-order valence-corrected chi connectivity index (χ0v) is 16.1. The summed E-state index contributed by atoms with van der Waals surface area (Å²) in [5.41, 5.74) is 1.57. The van der Waals surface area contributed by atoms with Gasteiger partial charge >= 0.3 is 0 Å². The summed E-state index contributed by atoms with van der Waals surface area (Å²) < 4.78 is 0.342. The van der Waals surface area contributed by atoms with E-state index in [9.17, 15) is 4.79 Å². The van der Waals surface area contributed by atoms with Crippen molar-refractivity contribution in [2.75, 3.05) is 6.54 Å². The van der Waals surface area contributed by atoms with E-state index in [0.29, 0.717) is 10.2 Å². The van der Waals surface area contributed by atoms with Crippen LogP contribution in [0.3, 0.4) is 0 Å². The fourth-order valence-corrected chi connectivity index (χ4v) is 7.62. The van der Waals surface area contributed by atoms with E-state index in [1.165, 1.54) is 44.1 Å². The van der Waals surface area contributed by atoms with Crippen LogP contribution in [-0.2, 0) is 4.79 Å². The van der Waals surface area contributed by atoms with Gasteiger partial charge in [0.25, 0.3) is 0 Å². The van der Waals surface area contributed by atoms with E-state index in [2.05, 4.69) is 52.4 Å². The lowest BCUT2D eigenvalue weighted by Crippen LogP contribution is -2.54. The molecule has 0 aromatic heterocycles. The van der Waals surface area contributed by atoms with Crippen LogP contribution in [0.15, 0.2) is 30.3 Å². The Kier molecular flexibility index (Phi) is 4.27. The molecule has 1 N–H and O–H groups in total. The molecule has 0 unspecified atom stereocenters. The number of amides is 1. The van der Waals surface area contributed by atoms with Crippen LogP contribution in [0.4, 0.5) is 0 Å². The van der Waals surface area contributed by atoms with Gasteiger partial charge in [-0.15, -0.1) is 0 Å². The molecular formula is C21H28BrNO. The van der Waals surface area contributed by atoms with Crippen LogP contribution in [0.1, 0.15) is 63.4 Å². The van der Waals surface area contributed by atoms with Gasteiger partial charge in [-0.05, 0) is 67.3 Å². The Balaban J connectivity index is 1.35. The van der Waals surface area contributed by atoms with Gasteiger partial charge in [-0.3, -0.25) is 4.79 Å². The largest absolute Gasteiger partial charge is 0.355 e. The highest BCUT2D eigenvalue weighted by molar-refractivity contribution is 9.10. The SMILES string of the molecule is C[C@@H](CNC(=O)CC12C[C@H]3C[C@@H](CC(Br)(C3)C1)C2)c1ccccc1. The minimum atomic E-state index is 0.260. The van der Waals surface area contributed by atoms with E-state index in [1.54, 1.807) is 0 Å². The molecule has 0 spiro atoms. The molecule has 2 nitrogen and oxygen atoms in total. The molecule has 4 aliphatic carbocycles. The third-order valence-electron chi connectivity index (χ3n) is 6.62. The second-order valence-corrected chi connectivity index (χ2v) is 10.6. The average Bonchev–Trinajstić information content (AvgIpc) is 2.50. The number of benzene rings is 1. The molecule has 5 rings (SSSR count). The molecule has 0 saturated heterocycles. The second-order valence-electron chi connectivity index (χ2n) is 8.90. The molecular weight excluding hydrogens is 362 g/mol. The molecule has 3 atom stereocenters.